The van der Waals surface area contributed by atoms with Crippen LogP contribution in [0.2, 0.25) is 0 Å². The third-order valence-electron chi connectivity index (χ3n) is 2.01. The molecule has 0 amide bonds. The Kier molecular flexibility index (Phi) is 5.32. The van der Waals surface area contributed by atoms with Gasteiger partial charge < -0.3 is 9.47 Å². The van der Waals surface area contributed by atoms with Crippen molar-refractivity contribution < 1.29 is 36.2 Å². The van der Waals surface area contributed by atoms with Gasteiger partial charge in [0, 0.05) is 4.47 Å². The van der Waals surface area contributed by atoms with Crippen LogP contribution >= 0.6 is 15.9 Å². The van der Waals surface area contributed by atoms with E-state index in [0.29, 0.717) is 5.75 Å². The van der Waals surface area contributed by atoms with Gasteiger partial charge in [0.05, 0.1) is 0 Å². The first kappa shape index (κ1) is 16.7. The van der Waals surface area contributed by atoms with Gasteiger partial charge in [-0.2, -0.15) is 22.0 Å². The summed E-state index contributed by atoms with van der Waals surface area (Å²) in [5.74, 6) is -7.82. The van der Waals surface area contributed by atoms with Crippen molar-refractivity contribution in [1.82, 2.24) is 0 Å². The average molecular weight is 363 g/mol. The lowest BCUT2D eigenvalue weighted by molar-refractivity contribution is -0.280. The highest BCUT2D eigenvalue weighted by atomic mass is 79.9. The van der Waals surface area contributed by atoms with Crippen molar-refractivity contribution in [3.8, 4) is 5.75 Å². The van der Waals surface area contributed by atoms with Crippen molar-refractivity contribution in [2.24, 2.45) is 0 Å². The fourth-order valence-electron chi connectivity index (χ4n) is 1.03. The number of hydrogen-bond acceptors (Lipinski definition) is 3. The van der Waals surface area contributed by atoms with Gasteiger partial charge in [-0.15, -0.1) is 0 Å². The van der Waals surface area contributed by atoms with Crippen LogP contribution in [0.25, 0.3) is 0 Å². The minimum atomic E-state index is -5.98. The summed E-state index contributed by atoms with van der Waals surface area (Å²) in [7, 11) is 0. The molecule has 0 aliphatic carbocycles. The molecule has 0 saturated heterocycles. The van der Waals surface area contributed by atoms with Crippen molar-refractivity contribution in [3.05, 3.63) is 28.7 Å². The van der Waals surface area contributed by atoms with Crippen LogP contribution in [0.5, 0.6) is 5.75 Å². The standard InChI is InChI=1S/C11H8BrF5O3/c12-7-1-3-8(4-2-7)19-5-6-20-9(18)10(13,14)11(15,16)17/h1-4H,5-6H2. The van der Waals surface area contributed by atoms with Gasteiger partial charge in [0.2, 0.25) is 0 Å². The average Bonchev–Trinajstić information content (AvgIpc) is 2.35. The first-order chi connectivity index (χ1) is 9.14. The van der Waals surface area contributed by atoms with Gasteiger partial charge in [0.1, 0.15) is 19.0 Å². The lowest BCUT2D eigenvalue weighted by Gasteiger charge is -2.17. The van der Waals surface area contributed by atoms with Gasteiger partial charge in [-0.25, -0.2) is 4.79 Å². The maximum Gasteiger partial charge on any atom is 0.465 e. The van der Waals surface area contributed by atoms with Crippen LogP contribution in [0.4, 0.5) is 22.0 Å². The molecular weight excluding hydrogens is 355 g/mol. The molecule has 20 heavy (non-hydrogen) atoms. The van der Waals surface area contributed by atoms with E-state index in [9.17, 15) is 26.7 Å². The minimum Gasteiger partial charge on any atom is -0.490 e. The van der Waals surface area contributed by atoms with Gasteiger partial charge >= 0.3 is 18.1 Å². The zero-order chi connectivity index (χ0) is 15.4. The monoisotopic (exact) mass is 362 g/mol. The van der Waals surface area contributed by atoms with E-state index in [-0.39, 0.29) is 6.61 Å². The lowest BCUT2D eigenvalue weighted by atomic mass is 10.3. The number of carbonyl (C=O) groups is 1. The SMILES string of the molecule is O=C(OCCOc1ccc(Br)cc1)C(F)(F)C(F)(F)F. The maximum atomic E-state index is 12.5. The Morgan fingerprint density at radius 2 is 1.60 bits per heavy atom. The van der Waals surface area contributed by atoms with Gasteiger partial charge in [-0.3, -0.25) is 0 Å². The summed E-state index contributed by atoms with van der Waals surface area (Å²) in [6.45, 7) is -1.07. The molecule has 0 saturated carbocycles. The third kappa shape index (κ3) is 4.32. The highest BCUT2D eigenvalue weighted by Crippen LogP contribution is 2.36. The molecule has 0 aliphatic rings. The zero-order valence-corrected chi connectivity index (χ0v) is 11.3. The molecule has 0 N–H and O–H groups in total. The Morgan fingerprint density at radius 3 is 2.10 bits per heavy atom. The van der Waals surface area contributed by atoms with Crippen molar-refractivity contribution >= 4 is 21.9 Å². The molecule has 0 bridgehead atoms. The maximum absolute atomic E-state index is 12.5. The van der Waals surface area contributed by atoms with Crippen LogP contribution in [0.1, 0.15) is 0 Å². The number of esters is 1. The van der Waals surface area contributed by atoms with E-state index in [4.69, 9.17) is 4.74 Å². The second kappa shape index (κ2) is 6.38. The molecule has 112 valence electrons. The smallest absolute Gasteiger partial charge is 0.465 e. The molecule has 0 heterocycles. The number of hydrogen-bond donors (Lipinski definition) is 0. The summed E-state index contributed by atoms with van der Waals surface area (Å²) >= 11 is 3.17. The number of ether oxygens (including phenoxy) is 2. The molecule has 0 spiro atoms. The molecule has 0 fully saturated rings. The normalized spacial score (nSPS) is 12.1. The highest BCUT2D eigenvalue weighted by molar-refractivity contribution is 9.10. The van der Waals surface area contributed by atoms with Crippen LogP contribution in [-0.4, -0.2) is 31.3 Å². The fourth-order valence-corrected chi connectivity index (χ4v) is 1.30. The molecule has 0 aromatic heterocycles. The van der Waals surface area contributed by atoms with Crippen molar-refractivity contribution in [2.75, 3.05) is 13.2 Å². The Balaban J connectivity index is 2.38. The van der Waals surface area contributed by atoms with Crippen LogP contribution in [-0.2, 0) is 9.53 Å². The summed E-state index contributed by atoms with van der Waals surface area (Å²) in [5, 5.41) is 0. The molecule has 0 unspecified atom stereocenters. The third-order valence-corrected chi connectivity index (χ3v) is 2.54. The lowest BCUT2D eigenvalue weighted by Crippen LogP contribution is -2.45. The van der Waals surface area contributed by atoms with Crippen molar-refractivity contribution in [3.63, 3.8) is 0 Å². The highest BCUT2D eigenvalue weighted by Gasteiger charge is 2.64. The second-order valence-corrected chi connectivity index (χ2v) is 4.43. The predicted molar refractivity (Wildman–Crippen MR) is 61.6 cm³/mol. The minimum absolute atomic E-state index is 0.346. The van der Waals surface area contributed by atoms with Gasteiger partial charge in [-0.1, -0.05) is 15.9 Å². The number of alkyl halides is 5. The molecule has 1 aromatic carbocycles. The van der Waals surface area contributed by atoms with Gasteiger partial charge in [-0.05, 0) is 24.3 Å². The van der Waals surface area contributed by atoms with E-state index in [2.05, 4.69) is 20.7 Å². The number of rotatable bonds is 5. The van der Waals surface area contributed by atoms with Crippen LogP contribution in [0.3, 0.4) is 0 Å². The first-order valence-corrected chi connectivity index (χ1v) is 5.94. The molecule has 0 atom stereocenters. The van der Waals surface area contributed by atoms with E-state index in [1.54, 1.807) is 12.1 Å². The van der Waals surface area contributed by atoms with Gasteiger partial charge in [0.15, 0.2) is 0 Å². The number of halogens is 6. The van der Waals surface area contributed by atoms with Crippen LogP contribution < -0.4 is 4.74 Å². The summed E-state index contributed by atoms with van der Waals surface area (Å²) < 4.78 is 70.0. The van der Waals surface area contributed by atoms with Crippen LogP contribution in [0.15, 0.2) is 28.7 Å². The zero-order valence-electron chi connectivity index (χ0n) is 9.72. The Morgan fingerprint density at radius 1 is 1.05 bits per heavy atom. The summed E-state index contributed by atoms with van der Waals surface area (Å²) in [6.07, 6.45) is -5.98. The largest absolute Gasteiger partial charge is 0.490 e. The van der Waals surface area contributed by atoms with Gasteiger partial charge in [0.25, 0.3) is 0 Å². The second-order valence-electron chi connectivity index (χ2n) is 3.51. The number of benzene rings is 1. The molecule has 9 heteroatoms. The van der Waals surface area contributed by atoms with E-state index >= 15 is 0 Å². The molecule has 1 rings (SSSR count). The predicted octanol–water partition coefficient (Wildman–Crippen LogP) is 3.57. The molecule has 1 aromatic rings. The fraction of sp³-hybridized carbons (Fsp3) is 0.364. The Labute approximate surface area is 118 Å². The molecule has 3 nitrogen and oxygen atoms in total. The van der Waals surface area contributed by atoms with E-state index in [0.717, 1.165) is 4.47 Å². The summed E-state index contributed by atoms with van der Waals surface area (Å²) in [5.41, 5.74) is 0. The summed E-state index contributed by atoms with van der Waals surface area (Å²) in [4.78, 5) is 10.6. The molecule has 0 aliphatic heterocycles. The topological polar surface area (TPSA) is 35.5 Å². The van der Waals surface area contributed by atoms with Crippen molar-refractivity contribution in [2.45, 2.75) is 12.1 Å². The van der Waals surface area contributed by atoms with Crippen molar-refractivity contribution in [1.29, 1.82) is 0 Å². The van der Waals surface area contributed by atoms with E-state index in [1.165, 1.54) is 12.1 Å². The molecular formula is C11H8BrF5O3. The van der Waals surface area contributed by atoms with E-state index < -0.39 is 24.7 Å². The first-order valence-electron chi connectivity index (χ1n) is 5.14. The molecule has 0 radical (unpaired) electrons. The number of carbonyl (C=O) groups excluding carboxylic acids is 1. The van der Waals surface area contributed by atoms with Crippen LogP contribution in [0, 0.1) is 0 Å². The Hall–Kier alpha value is -1.38. The Bertz CT molecular complexity index is 458. The quantitative estimate of drug-likeness (QED) is 0.456. The summed E-state index contributed by atoms with van der Waals surface area (Å²) in [6, 6.07) is 6.35. The van der Waals surface area contributed by atoms with E-state index in [1.807, 2.05) is 0 Å².